The van der Waals surface area contributed by atoms with Crippen molar-refractivity contribution >= 4 is 11.3 Å². The van der Waals surface area contributed by atoms with Crippen LogP contribution in [0.5, 0.6) is 0 Å². The lowest BCUT2D eigenvalue weighted by Gasteiger charge is -2.24. The molecule has 0 bridgehead atoms. The molecule has 3 heterocycles. The number of fused-ring (bicyclic) bond motifs is 1. The van der Waals surface area contributed by atoms with Gasteiger partial charge in [-0.15, -0.1) is 10.2 Å². The molecule has 3 aromatic rings. The van der Waals surface area contributed by atoms with Gasteiger partial charge >= 0.3 is 0 Å². The zero-order chi connectivity index (χ0) is 18.8. The first-order valence-corrected chi connectivity index (χ1v) is 10.2. The van der Waals surface area contributed by atoms with E-state index in [4.69, 9.17) is 4.74 Å². The zero-order valence-corrected chi connectivity index (χ0v) is 16.0. The SMILES string of the molecule is c1ccc(CN2CCCOC(CNc3cc(C4CC4)nn4cnnc34)C2)cc1. The van der Waals surface area contributed by atoms with E-state index in [1.807, 2.05) is 0 Å². The Morgan fingerprint density at radius 3 is 2.93 bits per heavy atom. The maximum absolute atomic E-state index is 6.11. The third-order valence-electron chi connectivity index (χ3n) is 5.49. The van der Waals surface area contributed by atoms with Gasteiger partial charge in [0.25, 0.3) is 0 Å². The van der Waals surface area contributed by atoms with Crippen molar-refractivity contribution in [3.05, 3.63) is 54.0 Å². The molecule has 1 N–H and O–H groups in total. The molecule has 0 radical (unpaired) electrons. The smallest absolute Gasteiger partial charge is 0.200 e. The predicted molar refractivity (Wildman–Crippen MR) is 107 cm³/mol. The second-order valence-electron chi connectivity index (χ2n) is 7.80. The van der Waals surface area contributed by atoms with Crippen LogP contribution in [0.3, 0.4) is 0 Å². The standard InChI is InChI=1S/C21H26N6O/c1-2-5-16(6-3-1)13-26-9-4-10-28-18(14-26)12-22-20-11-19(17-7-8-17)25-27-15-23-24-21(20)27/h1-3,5-6,11,15,17-18,22H,4,7-10,12-14H2. The maximum atomic E-state index is 6.11. The topological polar surface area (TPSA) is 67.6 Å². The van der Waals surface area contributed by atoms with Crippen LogP contribution in [0.1, 0.15) is 36.4 Å². The van der Waals surface area contributed by atoms with Crippen LogP contribution in [-0.4, -0.2) is 57.1 Å². The molecule has 0 spiro atoms. The normalized spacial score (nSPS) is 20.9. The molecule has 1 saturated carbocycles. The lowest BCUT2D eigenvalue weighted by Crippen LogP contribution is -2.35. The van der Waals surface area contributed by atoms with Gasteiger partial charge in [-0.3, -0.25) is 4.90 Å². The van der Waals surface area contributed by atoms with E-state index in [1.54, 1.807) is 10.8 Å². The first kappa shape index (κ1) is 17.6. The molecule has 1 atom stereocenters. The number of anilines is 1. The summed E-state index contributed by atoms with van der Waals surface area (Å²) >= 11 is 0. The molecule has 2 fully saturated rings. The number of nitrogens with zero attached hydrogens (tertiary/aromatic N) is 5. The van der Waals surface area contributed by atoms with Crippen LogP contribution >= 0.6 is 0 Å². The first-order valence-electron chi connectivity index (χ1n) is 10.2. The van der Waals surface area contributed by atoms with Crippen molar-refractivity contribution < 1.29 is 4.74 Å². The first-order chi connectivity index (χ1) is 13.8. The van der Waals surface area contributed by atoms with Gasteiger partial charge in [-0.1, -0.05) is 30.3 Å². The van der Waals surface area contributed by atoms with Crippen molar-refractivity contribution in [1.29, 1.82) is 0 Å². The Morgan fingerprint density at radius 1 is 1.18 bits per heavy atom. The highest BCUT2D eigenvalue weighted by Crippen LogP contribution is 2.39. The highest BCUT2D eigenvalue weighted by atomic mass is 16.5. The van der Waals surface area contributed by atoms with E-state index in [0.717, 1.165) is 56.2 Å². The number of nitrogens with one attached hydrogen (secondary N) is 1. The third-order valence-corrected chi connectivity index (χ3v) is 5.49. The van der Waals surface area contributed by atoms with Crippen molar-refractivity contribution in [2.75, 3.05) is 31.6 Å². The summed E-state index contributed by atoms with van der Waals surface area (Å²) in [6, 6.07) is 12.8. The van der Waals surface area contributed by atoms with Gasteiger partial charge in [0.2, 0.25) is 5.65 Å². The Morgan fingerprint density at radius 2 is 2.07 bits per heavy atom. The Labute approximate surface area is 164 Å². The fraction of sp³-hybridized carbons (Fsp3) is 0.476. The summed E-state index contributed by atoms with van der Waals surface area (Å²) in [5.74, 6) is 0.586. The van der Waals surface area contributed by atoms with Gasteiger partial charge < -0.3 is 10.1 Å². The second-order valence-corrected chi connectivity index (χ2v) is 7.80. The summed E-state index contributed by atoms with van der Waals surface area (Å²) in [6.07, 6.45) is 5.34. The summed E-state index contributed by atoms with van der Waals surface area (Å²) in [5.41, 5.74) is 4.25. The van der Waals surface area contributed by atoms with Crippen LogP contribution in [0.15, 0.2) is 42.7 Å². The van der Waals surface area contributed by atoms with E-state index in [9.17, 15) is 0 Å². The number of benzene rings is 1. The molecule has 1 saturated heterocycles. The van der Waals surface area contributed by atoms with Gasteiger partial charge in [0.05, 0.1) is 17.5 Å². The quantitative estimate of drug-likeness (QED) is 0.711. The zero-order valence-electron chi connectivity index (χ0n) is 16.0. The molecule has 2 aromatic heterocycles. The number of rotatable bonds is 6. The average Bonchev–Trinajstić information content (AvgIpc) is 3.50. The lowest BCUT2D eigenvalue weighted by molar-refractivity contribution is 0.0625. The Kier molecular flexibility index (Phi) is 4.93. The molecule has 1 aromatic carbocycles. The van der Waals surface area contributed by atoms with E-state index in [2.05, 4.69) is 61.9 Å². The Hall–Kier alpha value is -2.51. The second kappa shape index (κ2) is 7.85. The minimum Gasteiger partial charge on any atom is -0.379 e. The lowest BCUT2D eigenvalue weighted by atomic mass is 10.2. The molecular formula is C21H26N6O. The van der Waals surface area contributed by atoms with Crippen LogP contribution in [0, 0.1) is 0 Å². The van der Waals surface area contributed by atoms with Gasteiger partial charge in [-0.05, 0) is 30.9 Å². The van der Waals surface area contributed by atoms with Crippen molar-refractivity contribution in [1.82, 2.24) is 24.7 Å². The molecule has 7 heteroatoms. The molecule has 1 aliphatic carbocycles. The largest absolute Gasteiger partial charge is 0.379 e. The number of hydrogen-bond acceptors (Lipinski definition) is 6. The van der Waals surface area contributed by atoms with Crippen molar-refractivity contribution in [3.8, 4) is 0 Å². The fourth-order valence-electron chi connectivity index (χ4n) is 3.86. The molecule has 28 heavy (non-hydrogen) atoms. The van der Waals surface area contributed by atoms with E-state index in [0.29, 0.717) is 5.92 Å². The van der Waals surface area contributed by atoms with Crippen LogP contribution in [0.4, 0.5) is 5.69 Å². The number of ether oxygens (including phenoxy) is 1. The summed E-state index contributed by atoms with van der Waals surface area (Å²) in [7, 11) is 0. The minimum atomic E-state index is 0.145. The third kappa shape index (κ3) is 4.00. The molecule has 0 amide bonds. The van der Waals surface area contributed by atoms with E-state index in [-0.39, 0.29) is 6.10 Å². The van der Waals surface area contributed by atoms with Crippen molar-refractivity contribution in [2.45, 2.75) is 37.8 Å². The summed E-state index contributed by atoms with van der Waals surface area (Å²) in [5, 5.41) is 16.5. The van der Waals surface area contributed by atoms with E-state index in [1.165, 1.54) is 18.4 Å². The molecule has 2 aliphatic rings. The average molecular weight is 378 g/mol. The molecule has 7 nitrogen and oxygen atoms in total. The van der Waals surface area contributed by atoms with Gasteiger partial charge in [-0.2, -0.15) is 9.61 Å². The summed E-state index contributed by atoms with van der Waals surface area (Å²) in [4.78, 5) is 2.49. The van der Waals surface area contributed by atoms with Gasteiger partial charge in [-0.25, -0.2) is 0 Å². The van der Waals surface area contributed by atoms with Crippen LogP contribution < -0.4 is 5.32 Å². The number of aromatic nitrogens is 4. The van der Waals surface area contributed by atoms with E-state index < -0.39 is 0 Å². The molecule has 1 unspecified atom stereocenters. The monoisotopic (exact) mass is 378 g/mol. The molecule has 5 rings (SSSR count). The maximum Gasteiger partial charge on any atom is 0.200 e. The Bertz CT molecular complexity index is 923. The van der Waals surface area contributed by atoms with Crippen molar-refractivity contribution in [3.63, 3.8) is 0 Å². The van der Waals surface area contributed by atoms with E-state index >= 15 is 0 Å². The summed E-state index contributed by atoms with van der Waals surface area (Å²) < 4.78 is 7.90. The van der Waals surface area contributed by atoms with Gasteiger partial charge in [0.15, 0.2) is 0 Å². The summed E-state index contributed by atoms with van der Waals surface area (Å²) in [6.45, 7) is 4.52. The Balaban J connectivity index is 1.26. The fourth-order valence-corrected chi connectivity index (χ4v) is 3.86. The highest BCUT2D eigenvalue weighted by Gasteiger charge is 2.27. The molecule has 146 valence electrons. The number of hydrogen-bond donors (Lipinski definition) is 1. The van der Waals surface area contributed by atoms with Gasteiger partial charge in [0, 0.05) is 38.7 Å². The predicted octanol–water partition coefficient (Wildman–Crippen LogP) is 2.70. The molecular weight excluding hydrogens is 352 g/mol. The van der Waals surface area contributed by atoms with Gasteiger partial charge in [0.1, 0.15) is 6.33 Å². The van der Waals surface area contributed by atoms with Crippen LogP contribution in [0.25, 0.3) is 5.65 Å². The minimum absolute atomic E-state index is 0.145. The van der Waals surface area contributed by atoms with Crippen molar-refractivity contribution in [2.24, 2.45) is 0 Å². The highest BCUT2D eigenvalue weighted by molar-refractivity contribution is 5.67. The van der Waals surface area contributed by atoms with Crippen LogP contribution in [0.2, 0.25) is 0 Å². The van der Waals surface area contributed by atoms with Crippen LogP contribution in [-0.2, 0) is 11.3 Å². The molecule has 1 aliphatic heterocycles.